The third-order valence-electron chi connectivity index (χ3n) is 2.98. The zero-order valence-corrected chi connectivity index (χ0v) is 10.8. The molecule has 3 N–H and O–H groups in total. The van der Waals surface area contributed by atoms with Crippen molar-refractivity contribution in [3.8, 4) is 0 Å². The van der Waals surface area contributed by atoms with Crippen LogP contribution in [0.3, 0.4) is 0 Å². The first-order valence-corrected chi connectivity index (χ1v) is 6.18. The molecular formula is C12H28N2O. The summed E-state index contributed by atoms with van der Waals surface area (Å²) in [6.07, 6.45) is 6.07. The first kappa shape index (κ1) is 14.9. The van der Waals surface area contributed by atoms with Crippen molar-refractivity contribution in [2.45, 2.75) is 65.0 Å². The molecule has 0 heterocycles. The molecular weight excluding hydrogens is 188 g/mol. The highest BCUT2D eigenvalue weighted by Gasteiger charge is 2.21. The molecule has 0 aromatic heterocycles. The van der Waals surface area contributed by atoms with Crippen molar-refractivity contribution >= 4 is 0 Å². The summed E-state index contributed by atoms with van der Waals surface area (Å²) >= 11 is 0. The Bertz CT molecular complexity index is 142. The SMILES string of the molecule is CCCC(C)CC(NN)C(CCC)OC. The van der Waals surface area contributed by atoms with Crippen molar-refractivity contribution in [1.82, 2.24) is 5.43 Å². The Kier molecular flexibility index (Phi) is 9.06. The maximum absolute atomic E-state index is 5.59. The van der Waals surface area contributed by atoms with Crippen LogP contribution in [0.1, 0.15) is 52.9 Å². The number of hydrogen-bond acceptors (Lipinski definition) is 3. The largest absolute Gasteiger partial charge is 0.380 e. The summed E-state index contributed by atoms with van der Waals surface area (Å²) in [4.78, 5) is 0. The number of hydrogen-bond donors (Lipinski definition) is 2. The van der Waals surface area contributed by atoms with Crippen molar-refractivity contribution in [1.29, 1.82) is 0 Å². The van der Waals surface area contributed by atoms with E-state index in [1.807, 2.05) is 0 Å². The monoisotopic (exact) mass is 216 g/mol. The molecule has 3 heteroatoms. The number of methoxy groups -OCH3 is 1. The number of hydrazine groups is 1. The highest BCUT2D eigenvalue weighted by molar-refractivity contribution is 4.76. The van der Waals surface area contributed by atoms with Gasteiger partial charge in [0.2, 0.25) is 0 Å². The summed E-state index contributed by atoms with van der Waals surface area (Å²) in [6.45, 7) is 6.68. The van der Waals surface area contributed by atoms with Crippen molar-refractivity contribution in [3.63, 3.8) is 0 Å². The predicted molar refractivity (Wildman–Crippen MR) is 65.5 cm³/mol. The fourth-order valence-corrected chi connectivity index (χ4v) is 2.14. The Hall–Kier alpha value is -0.120. The van der Waals surface area contributed by atoms with Crippen LogP contribution in [0.4, 0.5) is 0 Å². The molecule has 0 saturated heterocycles. The summed E-state index contributed by atoms with van der Waals surface area (Å²) < 4.78 is 5.48. The van der Waals surface area contributed by atoms with Crippen LogP contribution in [0.15, 0.2) is 0 Å². The normalized spacial score (nSPS) is 17.4. The van der Waals surface area contributed by atoms with E-state index in [0.29, 0.717) is 5.92 Å². The average molecular weight is 216 g/mol. The molecule has 0 aromatic carbocycles. The smallest absolute Gasteiger partial charge is 0.0737 e. The third kappa shape index (κ3) is 6.13. The van der Waals surface area contributed by atoms with E-state index in [-0.39, 0.29) is 12.1 Å². The highest BCUT2D eigenvalue weighted by Crippen LogP contribution is 2.17. The predicted octanol–water partition coefficient (Wildman–Crippen LogP) is 2.46. The Balaban J connectivity index is 4.07. The van der Waals surface area contributed by atoms with Gasteiger partial charge in [-0.3, -0.25) is 11.3 Å². The van der Waals surface area contributed by atoms with Crippen LogP contribution in [-0.2, 0) is 4.74 Å². The van der Waals surface area contributed by atoms with Crippen molar-refractivity contribution in [2.24, 2.45) is 11.8 Å². The molecule has 0 aliphatic carbocycles. The van der Waals surface area contributed by atoms with Gasteiger partial charge >= 0.3 is 0 Å². The summed E-state index contributed by atoms with van der Waals surface area (Å²) in [5.74, 6) is 6.31. The van der Waals surface area contributed by atoms with Gasteiger partial charge < -0.3 is 4.74 Å². The minimum atomic E-state index is 0.249. The second kappa shape index (κ2) is 9.13. The highest BCUT2D eigenvalue weighted by atomic mass is 16.5. The summed E-state index contributed by atoms with van der Waals surface area (Å²) in [6, 6.07) is 0.288. The van der Waals surface area contributed by atoms with Crippen molar-refractivity contribution in [2.75, 3.05) is 7.11 Å². The van der Waals surface area contributed by atoms with E-state index in [1.165, 1.54) is 12.8 Å². The molecule has 0 aliphatic heterocycles. The van der Waals surface area contributed by atoms with Crippen molar-refractivity contribution < 1.29 is 4.74 Å². The molecule has 0 amide bonds. The molecule has 0 spiro atoms. The second-order valence-corrected chi connectivity index (χ2v) is 4.47. The minimum Gasteiger partial charge on any atom is -0.380 e. The van der Waals surface area contributed by atoms with Gasteiger partial charge in [0.15, 0.2) is 0 Å². The van der Waals surface area contributed by atoms with Crippen LogP contribution in [0.2, 0.25) is 0 Å². The van der Waals surface area contributed by atoms with Gasteiger partial charge in [-0.25, -0.2) is 0 Å². The van der Waals surface area contributed by atoms with Gasteiger partial charge in [-0.2, -0.15) is 0 Å². The van der Waals surface area contributed by atoms with Crippen LogP contribution in [0.5, 0.6) is 0 Å². The van der Waals surface area contributed by atoms with Gasteiger partial charge in [0.25, 0.3) is 0 Å². The van der Waals surface area contributed by atoms with E-state index < -0.39 is 0 Å². The zero-order valence-electron chi connectivity index (χ0n) is 10.8. The Morgan fingerprint density at radius 3 is 2.20 bits per heavy atom. The summed E-state index contributed by atoms with van der Waals surface area (Å²) in [5, 5.41) is 0. The molecule has 0 radical (unpaired) electrons. The second-order valence-electron chi connectivity index (χ2n) is 4.47. The van der Waals surface area contributed by atoms with Gasteiger partial charge in [-0.1, -0.05) is 40.0 Å². The van der Waals surface area contributed by atoms with Crippen LogP contribution in [0.25, 0.3) is 0 Å². The molecule has 3 atom stereocenters. The minimum absolute atomic E-state index is 0.249. The van der Waals surface area contributed by atoms with Gasteiger partial charge in [0.05, 0.1) is 6.10 Å². The van der Waals surface area contributed by atoms with Crippen LogP contribution >= 0.6 is 0 Å². The lowest BCUT2D eigenvalue weighted by Gasteiger charge is -2.27. The fraction of sp³-hybridized carbons (Fsp3) is 1.00. The lowest BCUT2D eigenvalue weighted by molar-refractivity contribution is 0.0529. The third-order valence-corrected chi connectivity index (χ3v) is 2.98. The Labute approximate surface area is 94.7 Å². The first-order chi connectivity index (χ1) is 7.19. The van der Waals surface area contributed by atoms with Crippen molar-refractivity contribution in [3.05, 3.63) is 0 Å². The maximum atomic E-state index is 5.59. The molecule has 0 aliphatic rings. The molecule has 3 unspecified atom stereocenters. The molecule has 0 aromatic rings. The fourth-order valence-electron chi connectivity index (χ4n) is 2.14. The maximum Gasteiger partial charge on any atom is 0.0737 e. The first-order valence-electron chi connectivity index (χ1n) is 6.18. The lowest BCUT2D eigenvalue weighted by Crippen LogP contribution is -2.45. The van der Waals surface area contributed by atoms with E-state index in [9.17, 15) is 0 Å². The number of rotatable bonds is 9. The van der Waals surface area contributed by atoms with E-state index in [4.69, 9.17) is 10.6 Å². The molecule has 15 heavy (non-hydrogen) atoms. The quantitative estimate of drug-likeness (QED) is 0.460. The average Bonchev–Trinajstić information content (AvgIpc) is 2.23. The molecule has 0 fully saturated rings. The molecule has 0 bridgehead atoms. The molecule has 3 nitrogen and oxygen atoms in total. The van der Waals surface area contributed by atoms with Crippen LogP contribution < -0.4 is 11.3 Å². The summed E-state index contributed by atoms with van der Waals surface area (Å²) in [7, 11) is 1.77. The van der Waals surface area contributed by atoms with Gasteiger partial charge in [-0.05, 0) is 18.8 Å². The molecule has 0 rings (SSSR count). The van der Waals surface area contributed by atoms with Gasteiger partial charge in [-0.15, -0.1) is 0 Å². The number of nitrogens with two attached hydrogens (primary N) is 1. The van der Waals surface area contributed by atoms with E-state index in [0.717, 1.165) is 19.3 Å². The standard InChI is InChI=1S/C12H28N2O/c1-5-7-10(3)9-11(14-13)12(15-4)8-6-2/h10-12,14H,5-9,13H2,1-4H3. The van der Waals surface area contributed by atoms with E-state index >= 15 is 0 Å². The van der Waals surface area contributed by atoms with Crippen LogP contribution in [0, 0.1) is 5.92 Å². The zero-order chi connectivity index (χ0) is 11.7. The van der Waals surface area contributed by atoms with Crippen LogP contribution in [-0.4, -0.2) is 19.3 Å². The Morgan fingerprint density at radius 2 is 1.80 bits per heavy atom. The van der Waals surface area contributed by atoms with Gasteiger partial charge in [0, 0.05) is 13.2 Å². The summed E-state index contributed by atoms with van der Waals surface area (Å²) in [5.41, 5.74) is 2.90. The number of ether oxygens (including phenoxy) is 1. The Morgan fingerprint density at radius 1 is 1.20 bits per heavy atom. The van der Waals surface area contributed by atoms with E-state index in [2.05, 4.69) is 26.2 Å². The molecule has 0 saturated carbocycles. The van der Waals surface area contributed by atoms with Gasteiger partial charge in [0.1, 0.15) is 0 Å². The molecule has 92 valence electrons. The lowest BCUT2D eigenvalue weighted by atomic mass is 9.93. The topological polar surface area (TPSA) is 47.3 Å². The van der Waals surface area contributed by atoms with E-state index in [1.54, 1.807) is 7.11 Å². The number of nitrogens with one attached hydrogen (secondary N) is 1.